The van der Waals surface area contributed by atoms with E-state index in [4.69, 9.17) is 25.0 Å². The average molecular weight is 455 g/mol. The van der Waals surface area contributed by atoms with Gasteiger partial charge in [-0.15, -0.1) is 0 Å². The first-order chi connectivity index (χ1) is 15.1. The summed E-state index contributed by atoms with van der Waals surface area (Å²) in [5, 5.41) is 14.7. The predicted octanol–water partition coefficient (Wildman–Crippen LogP) is 2.43. The molecule has 0 spiro atoms. The summed E-state index contributed by atoms with van der Waals surface area (Å²) in [5.41, 5.74) is 1.72. The van der Waals surface area contributed by atoms with Gasteiger partial charge in [-0.2, -0.15) is 0 Å². The minimum absolute atomic E-state index is 0.150. The molecule has 0 atom stereocenters. The Morgan fingerprint density at radius 2 is 1.00 bits per heavy atom. The van der Waals surface area contributed by atoms with E-state index < -0.39 is 0 Å². The van der Waals surface area contributed by atoms with Gasteiger partial charge < -0.3 is 25.0 Å². The largest absolute Gasteiger partial charge is 0.464 e. The number of carbonyl (C=O) groups excluding carboxylic acids is 3. The average Bonchev–Trinajstić information content (AvgIpc) is 2.74. The van der Waals surface area contributed by atoms with Crippen LogP contribution >= 0.6 is 0 Å². The third-order valence-electron chi connectivity index (χ3n) is 4.49. The van der Waals surface area contributed by atoms with E-state index >= 15 is 0 Å². The van der Waals surface area contributed by atoms with Gasteiger partial charge in [-0.3, -0.25) is 24.3 Å². The fourth-order valence-corrected chi connectivity index (χ4v) is 2.39. The Hall–Kier alpha value is -2.62. The zero-order valence-electron chi connectivity index (χ0n) is 19.8. The second kappa shape index (κ2) is 18.0. The fourth-order valence-electron chi connectivity index (χ4n) is 2.39. The van der Waals surface area contributed by atoms with Gasteiger partial charge in [0, 0.05) is 43.8 Å². The van der Waals surface area contributed by atoms with E-state index in [2.05, 4.69) is 4.99 Å². The molecule has 0 aliphatic carbocycles. The van der Waals surface area contributed by atoms with Crippen molar-refractivity contribution in [2.45, 2.75) is 59.3 Å². The zero-order chi connectivity index (χ0) is 24.4. The van der Waals surface area contributed by atoms with Gasteiger partial charge in [0.2, 0.25) is 0 Å². The number of esters is 3. The van der Waals surface area contributed by atoms with Gasteiger partial charge in [0.15, 0.2) is 0 Å². The normalized spacial score (nSPS) is 11.2. The molecule has 0 amide bonds. The molecule has 0 unspecified atom stereocenters. The standard InChI is InChI=1S/C22H38N4O6/c1-17(23)5-8-20(27)30-14-11-26(12-15-31-21(28)9-6-18(2)24)13-16-32-22(29)10-7-19(3)25-4/h23-24H,5-16H2,1-4H3. The number of rotatable bonds is 18. The van der Waals surface area contributed by atoms with Gasteiger partial charge in [0.1, 0.15) is 19.8 Å². The fraction of sp³-hybridized carbons (Fsp3) is 0.727. The van der Waals surface area contributed by atoms with Crippen LogP contribution in [0.5, 0.6) is 0 Å². The SMILES string of the molecule is CN=C(C)CCC(=O)OCCN(CCOC(=O)CCC(C)=N)CCOC(=O)CCC(C)=N. The summed E-state index contributed by atoms with van der Waals surface area (Å²) >= 11 is 0. The van der Waals surface area contributed by atoms with Crippen molar-refractivity contribution in [2.24, 2.45) is 4.99 Å². The van der Waals surface area contributed by atoms with Crippen molar-refractivity contribution in [3.8, 4) is 0 Å². The van der Waals surface area contributed by atoms with E-state index in [0.29, 0.717) is 50.3 Å². The van der Waals surface area contributed by atoms with Gasteiger partial charge >= 0.3 is 17.9 Å². The molecule has 0 aliphatic heterocycles. The van der Waals surface area contributed by atoms with Gasteiger partial charge in [-0.1, -0.05) is 0 Å². The molecule has 0 bridgehead atoms. The zero-order valence-corrected chi connectivity index (χ0v) is 19.8. The lowest BCUT2D eigenvalue weighted by Crippen LogP contribution is -2.35. The molecule has 0 fully saturated rings. The number of hydrogen-bond donors (Lipinski definition) is 2. The Balaban J connectivity index is 4.43. The predicted molar refractivity (Wildman–Crippen MR) is 123 cm³/mol. The summed E-state index contributed by atoms with van der Waals surface area (Å²) in [4.78, 5) is 41.1. The summed E-state index contributed by atoms with van der Waals surface area (Å²) in [6, 6.07) is 0. The van der Waals surface area contributed by atoms with Crippen LogP contribution in [-0.2, 0) is 28.6 Å². The molecule has 0 aromatic carbocycles. The van der Waals surface area contributed by atoms with Crippen molar-refractivity contribution < 1.29 is 28.6 Å². The number of ether oxygens (including phenoxy) is 3. The summed E-state index contributed by atoms with van der Waals surface area (Å²) in [6.45, 7) is 6.79. The second-order valence-electron chi connectivity index (χ2n) is 7.52. The maximum atomic E-state index is 11.8. The first-order valence-corrected chi connectivity index (χ1v) is 10.8. The lowest BCUT2D eigenvalue weighted by Gasteiger charge is -2.22. The first kappa shape index (κ1) is 29.4. The Labute approximate surface area is 190 Å². The first-order valence-electron chi connectivity index (χ1n) is 10.8. The van der Waals surface area contributed by atoms with Crippen LogP contribution in [0.15, 0.2) is 4.99 Å². The number of aliphatic imine (C=N–C) groups is 1. The molecule has 0 radical (unpaired) electrons. The van der Waals surface area contributed by atoms with E-state index in [1.807, 2.05) is 11.8 Å². The van der Waals surface area contributed by atoms with Crippen molar-refractivity contribution in [2.75, 3.05) is 46.5 Å². The van der Waals surface area contributed by atoms with Crippen LogP contribution in [0.3, 0.4) is 0 Å². The monoisotopic (exact) mass is 454 g/mol. The maximum absolute atomic E-state index is 11.8. The van der Waals surface area contributed by atoms with E-state index in [1.165, 1.54) is 0 Å². The highest BCUT2D eigenvalue weighted by Gasteiger charge is 2.11. The minimum Gasteiger partial charge on any atom is -0.464 e. The summed E-state index contributed by atoms with van der Waals surface area (Å²) in [7, 11) is 1.68. The quantitative estimate of drug-likeness (QED) is 0.184. The third-order valence-corrected chi connectivity index (χ3v) is 4.49. The molecule has 0 aromatic heterocycles. The highest BCUT2D eigenvalue weighted by Crippen LogP contribution is 2.00. The van der Waals surface area contributed by atoms with Crippen molar-refractivity contribution in [1.29, 1.82) is 10.8 Å². The molecule has 0 heterocycles. The molecule has 0 rings (SSSR count). The van der Waals surface area contributed by atoms with Gasteiger partial charge in [0.25, 0.3) is 0 Å². The highest BCUT2D eigenvalue weighted by molar-refractivity contribution is 5.85. The molecule has 10 nitrogen and oxygen atoms in total. The number of nitrogens with zero attached hydrogens (tertiary/aromatic N) is 2. The van der Waals surface area contributed by atoms with Crippen LogP contribution in [0.4, 0.5) is 0 Å². The summed E-state index contributed by atoms with van der Waals surface area (Å²) in [6.07, 6.45) is 1.87. The molecule has 0 saturated heterocycles. The Kier molecular flexibility index (Phi) is 16.5. The van der Waals surface area contributed by atoms with Crippen LogP contribution in [0.25, 0.3) is 0 Å². The minimum atomic E-state index is -0.371. The maximum Gasteiger partial charge on any atom is 0.306 e. The van der Waals surface area contributed by atoms with Crippen LogP contribution in [0.1, 0.15) is 59.3 Å². The summed E-state index contributed by atoms with van der Waals surface area (Å²) in [5.74, 6) is -1.05. The molecule has 32 heavy (non-hydrogen) atoms. The van der Waals surface area contributed by atoms with Crippen molar-refractivity contribution in [1.82, 2.24) is 4.90 Å². The molecule has 0 saturated carbocycles. The van der Waals surface area contributed by atoms with E-state index in [0.717, 1.165) is 5.71 Å². The number of carbonyl (C=O) groups is 3. The van der Waals surface area contributed by atoms with E-state index in [-0.39, 0.29) is 57.0 Å². The van der Waals surface area contributed by atoms with E-state index in [9.17, 15) is 14.4 Å². The summed E-state index contributed by atoms with van der Waals surface area (Å²) < 4.78 is 15.6. The van der Waals surface area contributed by atoms with Gasteiger partial charge in [0.05, 0.1) is 19.3 Å². The van der Waals surface area contributed by atoms with Crippen LogP contribution in [-0.4, -0.2) is 86.4 Å². The van der Waals surface area contributed by atoms with Crippen LogP contribution in [0.2, 0.25) is 0 Å². The van der Waals surface area contributed by atoms with Gasteiger partial charge in [-0.25, -0.2) is 0 Å². The van der Waals surface area contributed by atoms with Crippen LogP contribution in [0, 0.1) is 10.8 Å². The van der Waals surface area contributed by atoms with Gasteiger partial charge in [-0.05, 0) is 40.0 Å². The van der Waals surface area contributed by atoms with Crippen molar-refractivity contribution in [3.63, 3.8) is 0 Å². The van der Waals surface area contributed by atoms with Crippen LogP contribution < -0.4 is 0 Å². The van der Waals surface area contributed by atoms with E-state index in [1.54, 1.807) is 20.9 Å². The highest BCUT2D eigenvalue weighted by atomic mass is 16.5. The van der Waals surface area contributed by atoms with Crippen molar-refractivity contribution >= 4 is 35.0 Å². The molecule has 0 aromatic rings. The number of hydrogen-bond acceptors (Lipinski definition) is 10. The van der Waals surface area contributed by atoms with Crippen molar-refractivity contribution in [3.05, 3.63) is 0 Å². The second-order valence-corrected chi connectivity index (χ2v) is 7.52. The molecular weight excluding hydrogens is 416 g/mol. The Bertz CT molecular complexity index is 627. The molecule has 10 heteroatoms. The number of nitrogens with one attached hydrogen (secondary N) is 2. The molecule has 182 valence electrons. The smallest absolute Gasteiger partial charge is 0.306 e. The topological polar surface area (TPSA) is 142 Å². The third kappa shape index (κ3) is 18.2. The molecule has 2 N–H and O–H groups in total. The Morgan fingerprint density at radius 1 is 0.656 bits per heavy atom. The molecule has 0 aliphatic rings. The Morgan fingerprint density at radius 3 is 1.31 bits per heavy atom. The lowest BCUT2D eigenvalue weighted by atomic mass is 10.2. The molecular formula is C22H38N4O6. The lowest BCUT2D eigenvalue weighted by molar-refractivity contribution is -0.144.